The third-order valence-electron chi connectivity index (χ3n) is 4.53. The van der Waals surface area contributed by atoms with E-state index in [0.717, 1.165) is 16.6 Å². The lowest BCUT2D eigenvalue weighted by Gasteiger charge is -2.10. The van der Waals surface area contributed by atoms with Gasteiger partial charge in [0.15, 0.2) is 0 Å². The number of amides is 2. The molecule has 0 radical (unpaired) electrons. The molecule has 0 saturated heterocycles. The summed E-state index contributed by atoms with van der Waals surface area (Å²) in [6.07, 6.45) is 3.12. The Hall–Kier alpha value is -4.06. The predicted octanol–water partition coefficient (Wildman–Crippen LogP) is 4.44. The van der Waals surface area contributed by atoms with Gasteiger partial charge >= 0.3 is 0 Å². The molecular weight excluding hydrogens is 364 g/mol. The minimum Gasteiger partial charge on any atom is -0.322 e. The fourth-order valence-corrected chi connectivity index (χ4v) is 3.00. The number of nitrogens with one attached hydrogen (secondary N) is 2. The summed E-state index contributed by atoms with van der Waals surface area (Å²) in [6.45, 7) is 1.92. The Balaban J connectivity index is 1.56. The largest absolute Gasteiger partial charge is 0.322 e. The number of aryl methyl sites for hydroxylation is 1. The standard InChI is InChI=1S/C23H18N4O2/c1-15-6-2-3-9-18(15)26-22(28)17-11-13-24-20(14-17)23(29)27-19-10-4-7-16-8-5-12-25-21(16)19/h2-14H,1H3,(H,26,28)(H,27,29). The maximum atomic E-state index is 12.7. The summed E-state index contributed by atoms with van der Waals surface area (Å²) in [6, 6.07) is 19.9. The molecule has 0 aliphatic rings. The van der Waals surface area contributed by atoms with Crippen molar-refractivity contribution in [1.82, 2.24) is 9.97 Å². The molecule has 0 saturated carbocycles. The van der Waals surface area contributed by atoms with Crippen LogP contribution in [0, 0.1) is 6.92 Å². The zero-order valence-electron chi connectivity index (χ0n) is 15.7. The number of rotatable bonds is 4. The van der Waals surface area contributed by atoms with Crippen LogP contribution in [0.3, 0.4) is 0 Å². The molecule has 2 aromatic heterocycles. The molecule has 0 fully saturated rings. The third-order valence-corrected chi connectivity index (χ3v) is 4.53. The average molecular weight is 382 g/mol. The Bertz CT molecular complexity index is 1210. The second-order valence-electron chi connectivity index (χ2n) is 6.53. The molecule has 0 bridgehead atoms. The minimum atomic E-state index is -0.409. The molecule has 2 heterocycles. The lowest BCUT2D eigenvalue weighted by Crippen LogP contribution is -2.17. The van der Waals surface area contributed by atoms with Crippen LogP contribution in [0.1, 0.15) is 26.4 Å². The molecule has 4 aromatic rings. The lowest BCUT2D eigenvalue weighted by molar-refractivity contribution is 0.102. The first-order valence-corrected chi connectivity index (χ1v) is 9.10. The summed E-state index contributed by atoms with van der Waals surface area (Å²) in [7, 11) is 0. The number of pyridine rings is 2. The van der Waals surface area contributed by atoms with Crippen LogP contribution in [0.15, 0.2) is 79.1 Å². The van der Waals surface area contributed by atoms with Crippen molar-refractivity contribution in [2.45, 2.75) is 6.92 Å². The molecule has 0 spiro atoms. The zero-order chi connectivity index (χ0) is 20.2. The van der Waals surface area contributed by atoms with Gasteiger partial charge in [-0.3, -0.25) is 19.6 Å². The summed E-state index contributed by atoms with van der Waals surface area (Å²) in [5.41, 5.74) is 3.46. The van der Waals surface area contributed by atoms with E-state index in [4.69, 9.17) is 0 Å². The van der Waals surface area contributed by atoms with E-state index in [1.807, 2.05) is 55.5 Å². The SMILES string of the molecule is Cc1ccccc1NC(=O)c1ccnc(C(=O)Nc2cccc3cccnc23)c1. The average Bonchev–Trinajstić information content (AvgIpc) is 2.75. The van der Waals surface area contributed by atoms with Gasteiger partial charge in [0, 0.05) is 29.0 Å². The summed E-state index contributed by atoms with van der Waals surface area (Å²) in [4.78, 5) is 33.7. The maximum Gasteiger partial charge on any atom is 0.274 e. The minimum absolute atomic E-state index is 0.148. The van der Waals surface area contributed by atoms with Gasteiger partial charge in [-0.2, -0.15) is 0 Å². The van der Waals surface area contributed by atoms with Gasteiger partial charge in [0.05, 0.1) is 11.2 Å². The summed E-state index contributed by atoms with van der Waals surface area (Å²) >= 11 is 0. The van der Waals surface area contributed by atoms with Crippen molar-refractivity contribution in [2.75, 3.05) is 10.6 Å². The van der Waals surface area contributed by atoms with E-state index >= 15 is 0 Å². The first-order valence-electron chi connectivity index (χ1n) is 9.10. The van der Waals surface area contributed by atoms with Gasteiger partial charge in [-0.25, -0.2) is 0 Å². The molecule has 2 aromatic carbocycles. The number of hydrogen-bond acceptors (Lipinski definition) is 4. The molecule has 0 atom stereocenters. The molecule has 0 unspecified atom stereocenters. The number of anilines is 2. The first kappa shape index (κ1) is 18.3. The van der Waals surface area contributed by atoms with Crippen LogP contribution >= 0.6 is 0 Å². The van der Waals surface area contributed by atoms with Crippen molar-refractivity contribution < 1.29 is 9.59 Å². The topological polar surface area (TPSA) is 84.0 Å². The van der Waals surface area contributed by atoms with E-state index in [0.29, 0.717) is 16.8 Å². The Morgan fingerprint density at radius 1 is 0.759 bits per heavy atom. The Morgan fingerprint density at radius 2 is 1.52 bits per heavy atom. The van der Waals surface area contributed by atoms with Crippen LogP contribution in [0.25, 0.3) is 10.9 Å². The molecule has 0 aliphatic heterocycles. The number of carbonyl (C=O) groups excluding carboxylic acids is 2. The van der Waals surface area contributed by atoms with Gasteiger partial charge in [-0.15, -0.1) is 0 Å². The number of para-hydroxylation sites is 2. The summed E-state index contributed by atoms with van der Waals surface area (Å²) in [5.74, 6) is -0.712. The van der Waals surface area contributed by atoms with Crippen LogP contribution < -0.4 is 10.6 Å². The highest BCUT2D eigenvalue weighted by Crippen LogP contribution is 2.21. The number of nitrogens with zero attached hydrogens (tertiary/aromatic N) is 2. The lowest BCUT2D eigenvalue weighted by atomic mass is 10.1. The van der Waals surface area contributed by atoms with Crippen molar-refractivity contribution in [3.63, 3.8) is 0 Å². The van der Waals surface area contributed by atoms with Crippen molar-refractivity contribution in [2.24, 2.45) is 0 Å². The Morgan fingerprint density at radius 3 is 2.38 bits per heavy atom. The smallest absolute Gasteiger partial charge is 0.274 e. The van der Waals surface area contributed by atoms with Gasteiger partial charge in [-0.05, 0) is 42.8 Å². The summed E-state index contributed by atoms with van der Waals surface area (Å²) in [5, 5.41) is 6.61. The van der Waals surface area contributed by atoms with Crippen molar-refractivity contribution in [1.29, 1.82) is 0 Å². The number of hydrogen-bond donors (Lipinski definition) is 2. The normalized spacial score (nSPS) is 10.5. The molecular formula is C23H18N4O2. The molecule has 6 nitrogen and oxygen atoms in total. The monoisotopic (exact) mass is 382 g/mol. The second-order valence-corrected chi connectivity index (χ2v) is 6.53. The highest BCUT2D eigenvalue weighted by Gasteiger charge is 2.14. The number of benzene rings is 2. The van der Waals surface area contributed by atoms with Gasteiger partial charge in [0.25, 0.3) is 11.8 Å². The Kier molecular flexibility index (Phi) is 4.99. The fourth-order valence-electron chi connectivity index (χ4n) is 3.00. The fraction of sp³-hybridized carbons (Fsp3) is 0.0435. The molecule has 29 heavy (non-hydrogen) atoms. The van der Waals surface area contributed by atoms with Gasteiger partial charge in [0.1, 0.15) is 5.69 Å². The van der Waals surface area contributed by atoms with Crippen LogP contribution in [-0.2, 0) is 0 Å². The van der Waals surface area contributed by atoms with E-state index in [-0.39, 0.29) is 11.6 Å². The highest BCUT2D eigenvalue weighted by molar-refractivity contribution is 6.09. The molecule has 0 aliphatic carbocycles. The molecule has 2 amide bonds. The van der Waals surface area contributed by atoms with E-state index in [1.165, 1.54) is 12.3 Å². The third kappa shape index (κ3) is 3.96. The predicted molar refractivity (Wildman–Crippen MR) is 113 cm³/mol. The van der Waals surface area contributed by atoms with E-state index < -0.39 is 5.91 Å². The number of aromatic nitrogens is 2. The van der Waals surface area contributed by atoms with Crippen molar-refractivity contribution >= 4 is 34.1 Å². The van der Waals surface area contributed by atoms with Crippen LogP contribution in [0.4, 0.5) is 11.4 Å². The van der Waals surface area contributed by atoms with Crippen molar-refractivity contribution in [3.05, 3.63) is 95.9 Å². The van der Waals surface area contributed by atoms with Gasteiger partial charge in [0.2, 0.25) is 0 Å². The van der Waals surface area contributed by atoms with E-state index in [9.17, 15) is 9.59 Å². The van der Waals surface area contributed by atoms with E-state index in [1.54, 1.807) is 18.3 Å². The van der Waals surface area contributed by atoms with Crippen LogP contribution in [0.2, 0.25) is 0 Å². The second kappa shape index (κ2) is 7.90. The van der Waals surface area contributed by atoms with Gasteiger partial charge < -0.3 is 10.6 Å². The van der Waals surface area contributed by atoms with Crippen LogP contribution in [-0.4, -0.2) is 21.8 Å². The summed E-state index contributed by atoms with van der Waals surface area (Å²) < 4.78 is 0. The van der Waals surface area contributed by atoms with E-state index in [2.05, 4.69) is 20.6 Å². The number of fused-ring (bicyclic) bond motifs is 1. The number of carbonyl (C=O) groups is 2. The molecule has 4 rings (SSSR count). The van der Waals surface area contributed by atoms with Crippen molar-refractivity contribution in [3.8, 4) is 0 Å². The quantitative estimate of drug-likeness (QED) is 0.546. The maximum absolute atomic E-state index is 12.7. The van der Waals surface area contributed by atoms with Crippen LogP contribution in [0.5, 0.6) is 0 Å². The van der Waals surface area contributed by atoms with Gasteiger partial charge in [-0.1, -0.05) is 36.4 Å². The molecule has 2 N–H and O–H groups in total. The zero-order valence-corrected chi connectivity index (χ0v) is 15.7. The highest BCUT2D eigenvalue weighted by atomic mass is 16.2. The molecule has 142 valence electrons. The first-order chi connectivity index (χ1) is 14.1. The Labute approximate surface area is 167 Å². The molecule has 6 heteroatoms.